The van der Waals surface area contributed by atoms with Gasteiger partial charge in [0.25, 0.3) is 5.91 Å². The molecular weight excluding hydrogens is 258 g/mol. The van der Waals surface area contributed by atoms with Crippen LogP contribution in [0.15, 0.2) is 36.9 Å². The van der Waals surface area contributed by atoms with Crippen LogP contribution in [0.5, 0.6) is 0 Å². The quantitative estimate of drug-likeness (QED) is 0.890. The zero-order valence-corrected chi connectivity index (χ0v) is 10.5. The van der Waals surface area contributed by atoms with E-state index in [9.17, 15) is 9.59 Å². The molecule has 100 valence electrons. The molecule has 0 atom stereocenters. The second-order valence-electron chi connectivity index (χ2n) is 4.48. The molecule has 2 heterocycles. The van der Waals surface area contributed by atoms with Gasteiger partial charge in [-0.25, -0.2) is 14.8 Å². The predicted molar refractivity (Wildman–Crippen MR) is 70.8 cm³/mol. The second-order valence-corrected chi connectivity index (χ2v) is 4.48. The van der Waals surface area contributed by atoms with Crippen molar-refractivity contribution in [2.75, 3.05) is 11.4 Å². The number of aromatic carboxylic acids is 1. The molecule has 0 saturated heterocycles. The largest absolute Gasteiger partial charge is 0.478 e. The van der Waals surface area contributed by atoms with Crippen LogP contribution in [0, 0.1) is 0 Å². The third kappa shape index (κ3) is 2.01. The maximum Gasteiger partial charge on any atom is 0.335 e. The number of aromatic nitrogens is 2. The molecule has 0 unspecified atom stereocenters. The Balaban J connectivity index is 1.94. The van der Waals surface area contributed by atoms with Crippen LogP contribution >= 0.6 is 0 Å². The standard InChI is InChI=1S/C14H11N3O3/c18-13(11-6-15-8-16-7-11)17-4-3-9-5-10(14(19)20)1-2-12(9)17/h1-2,5-8H,3-4H2,(H,19,20). The van der Waals surface area contributed by atoms with E-state index in [-0.39, 0.29) is 11.5 Å². The summed E-state index contributed by atoms with van der Waals surface area (Å²) in [6.45, 7) is 0.534. The van der Waals surface area contributed by atoms with Crippen LogP contribution in [0.3, 0.4) is 0 Å². The van der Waals surface area contributed by atoms with Crippen molar-refractivity contribution in [3.63, 3.8) is 0 Å². The molecule has 20 heavy (non-hydrogen) atoms. The fourth-order valence-corrected chi connectivity index (χ4v) is 2.31. The minimum absolute atomic E-state index is 0.174. The number of hydrogen-bond acceptors (Lipinski definition) is 4. The number of amides is 1. The molecule has 6 heteroatoms. The average molecular weight is 269 g/mol. The minimum Gasteiger partial charge on any atom is -0.478 e. The Hall–Kier alpha value is -2.76. The number of nitrogens with zero attached hydrogens (tertiary/aromatic N) is 3. The molecular formula is C14H11N3O3. The summed E-state index contributed by atoms with van der Waals surface area (Å²) in [6, 6.07) is 4.80. The van der Waals surface area contributed by atoms with E-state index in [0.717, 1.165) is 11.3 Å². The van der Waals surface area contributed by atoms with Gasteiger partial charge in [0.2, 0.25) is 0 Å². The van der Waals surface area contributed by atoms with E-state index in [1.54, 1.807) is 17.0 Å². The highest BCUT2D eigenvalue weighted by molar-refractivity contribution is 6.07. The van der Waals surface area contributed by atoms with Gasteiger partial charge in [-0.1, -0.05) is 0 Å². The normalized spacial score (nSPS) is 13.1. The highest BCUT2D eigenvalue weighted by atomic mass is 16.4. The topological polar surface area (TPSA) is 83.4 Å². The fraction of sp³-hybridized carbons (Fsp3) is 0.143. The van der Waals surface area contributed by atoms with Crippen molar-refractivity contribution in [1.29, 1.82) is 0 Å². The van der Waals surface area contributed by atoms with Crippen LogP contribution in [0.2, 0.25) is 0 Å². The lowest BCUT2D eigenvalue weighted by Crippen LogP contribution is -2.29. The number of carboxylic acids is 1. The Kier molecular flexibility index (Phi) is 2.90. The van der Waals surface area contributed by atoms with Crippen LogP contribution in [-0.4, -0.2) is 33.5 Å². The molecule has 0 saturated carbocycles. The number of benzene rings is 1. The van der Waals surface area contributed by atoms with Crippen LogP contribution in [0.4, 0.5) is 5.69 Å². The van der Waals surface area contributed by atoms with E-state index in [1.165, 1.54) is 24.8 Å². The molecule has 2 aromatic rings. The summed E-state index contributed by atoms with van der Waals surface area (Å²) in [7, 11) is 0. The van der Waals surface area contributed by atoms with Crippen molar-refractivity contribution in [1.82, 2.24) is 9.97 Å². The zero-order chi connectivity index (χ0) is 14.1. The van der Waals surface area contributed by atoms with Gasteiger partial charge < -0.3 is 10.0 Å². The Morgan fingerprint density at radius 2 is 1.90 bits per heavy atom. The lowest BCUT2D eigenvalue weighted by atomic mass is 10.1. The molecule has 1 N–H and O–H groups in total. The third-order valence-corrected chi connectivity index (χ3v) is 3.27. The first-order chi connectivity index (χ1) is 9.66. The van der Waals surface area contributed by atoms with Gasteiger partial charge in [0.05, 0.1) is 11.1 Å². The highest BCUT2D eigenvalue weighted by Crippen LogP contribution is 2.30. The summed E-state index contributed by atoms with van der Waals surface area (Å²) in [6.07, 6.45) is 4.96. The number of anilines is 1. The molecule has 0 aliphatic carbocycles. The van der Waals surface area contributed by atoms with Crippen molar-refractivity contribution < 1.29 is 14.7 Å². The van der Waals surface area contributed by atoms with Crippen molar-refractivity contribution in [3.8, 4) is 0 Å². The summed E-state index contributed by atoms with van der Waals surface area (Å²) in [5.41, 5.74) is 2.28. The molecule has 1 aliphatic rings. The van der Waals surface area contributed by atoms with E-state index in [2.05, 4.69) is 9.97 Å². The van der Waals surface area contributed by atoms with E-state index >= 15 is 0 Å². The highest BCUT2D eigenvalue weighted by Gasteiger charge is 2.26. The fourth-order valence-electron chi connectivity index (χ4n) is 2.31. The van der Waals surface area contributed by atoms with Gasteiger partial charge >= 0.3 is 5.97 Å². The summed E-state index contributed by atoms with van der Waals surface area (Å²) in [5, 5.41) is 8.97. The Morgan fingerprint density at radius 1 is 1.15 bits per heavy atom. The number of rotatable bonds is 2. The first-order valence-electron chi connectivity index (χ1n) is 6.10. The summed E-state index contributed by atoms with van der Waals surface area (Å²) in [5.74, 6) is -1.14. The number of carbonyl (C=O) groups is 2. The van der Waals surface area contributed by atoms with Crippen LogP contribution < -0.4 is 4.90 Å². The Bertz CT molecular complexity index is 685. The minimum atomic E-state index is -0.964. The van der Waals surface area contributed by atoms with Crippen LogP contribution in [-0.2, 0) is 6.42 Å². The number of fused-ring (bicyclic) bond motifs is 1. The molecule has 6 nitrogen and oxygen atoms in total. The first-order valence-corrected chi connectivity index (χ1v) is 6.10. The molecule has 0 bridgehead atoms. The monoisotopic (exact) mass is 269 g/mol. The molecule has 3 rings (SSSR count). The van der Waals surface area contributed by atoms with Crippen molar-refractivity contribution in [2.45, 2.75) is 6.42 Å². The number of carbonyl (C=O) groups excluding carboxylic acids is 1. The molecule has 0 radical (unpaired) electrons. The molecule has 1 aromatic carbocycles. The van der Waals surface area contributed by atoms with Gasteiger partial charge in [-0.2, -0.15) is 0 Å². The SMILES string of the molecule is O=C(O)c1ccc2c(c1)CCN2C(=O)c1cncnc1. The maximum absolute atomic E-state index is 12.4. The predicted octanol–water partition coefficient (Wildman–Crippen LogP) is 1.38. The van der Waals surface area contributed by atoms with E-state index in [0.29, 0.717) is 18.5 Å². The zero-order valence-electron chi connectivity index (χ0n) is 10.5. The maximum atomic E-state index is 12.4. The molecule has 0 spiro atoms. The van der Waals surface area contributed by atoms with E-state index < -0.39 is 5.97 Å². The number of carboxylic acid groups (broad SMARTS) is 1. The first kappa shape index (κ1) is 12.3. The molecule has 0 fully saturated rings. The van der Waals surface area contributed by atoms with Crippen molar-refractivity contribution >= 4 is 17.6 Å². The average Bonchev–Trinajstić information content (AvgIpc) is 2.90. The van der Waals surface area contributed by atoms with Gasteiger partial charge in [0.15, 0.2) is 0 Å². The van der Waals surface area contributed by atoms with E-state index in [4.69, 9.17) is 5.11 Å². The molecule has 1 aliphatic heterocycles. The van der Waals surface area contributed by atoms with Gasteiger partial charge in [-0.15, -0.1) is 0 Å². The van der Waals surface area contributed by atoms with Gasteiger partial charge in [-0.3, -0.25) is 4.79 Å². The summed E-state index contributed by atoms with van der Waals surface area (Å²) < 4.78 is 0. The smallest absolute Gasteiger partial charge is 0.335 e. The Labute approximate surface area is 114 Å². The van der Waals surface area contributed by atoms with Gasteiger partial charge in [-0.05, 0) is 30.2 Å². The number of hydrogen-bond donors (Lipinski definition) is 1. The Morgan fingerprint density at radius 3 is 2.60 bits per heavy atom. The lowest BCUT2D eigenvalue weighted by Gasteiger charge is -2.17. The lowest BCUT2D eigenvalue weighted by molar-refractivity contribution is 0.0696. The van der Waals surface area contributed by atoms with Gasteiger partial charge in [0.1, 0.15) is 6.33 Å². The van der Waals surface area contributed by atoms with Crippen molar-refractivity contribution in [3.05, 3.63) is 53.6 Å². The summed E-state index contributed by atoms with van der Waals surface area (Å²) >= 11 is 0. The summed E-state index contributed by atoms with van der Waals surface area (Å²) in [4.78, 5) is 32.6. The van der Waals surface area contributed by atoms with Crippen LogP contribution in [0.1, 0.15) is 26.3 Å². The molecule has 1 aromatic heterocycles. The third-order valence-electron chi connectivity index (χ3n) is 3.27. The van der Waals surface area contributed by atoms with Crippen molar-refractivity contribution in [2.24, 2.45) is 0 Å². The van der Waals surface area contributed by atoms with Gasteiger partial charge in [0, 0.05) is 24.6 Å². The second kappa shape index (κ2) is 4.73. The molecule has 1 amide bonds. The van der Waals surface area contributed by atoms with Crippen LogP contribution in [0.25, 0.3) is 0 Å². The van der Waals surface area contributed by atoms with E-state index in [1.807, 2.05) is 0 Å².